The van der Waals surface area contributed by atoms with Crippen LogP contribution in [-0.2, 0) is 4.79 Å². The van der Waals surface area contributed by atoms with E-state index in [0.717, 1.165) is 6.42 Å². The standard InChI is InChI=1S/C12H16N2O/c1-8-10(7-11(13)12(15)14-8)9-5-3-2-4-6-9/h2-6,8,10-11H,7,13H2,1H3,(H,14,15)/t8-,10?,11+/m0/s1. The Kier molecular flexibility index (Phi) is 2.73. The number of carbonyl (C=O) groups is 1. The summed E-state index contributed by atoms with van der Waals surface area (Å²) in [6.07, 6.45) is 0.733. The number of piperidine rings is 1. The molecule has 3 nitrogen and oxygen atoms in total. The summed E-state index contributed by atoms with van der Waals surface area (Å²) in [6.45, 7) is 2.03. The van der Waals surface area contributed by atoms with E-state index in [1.165, 1.54) is 5.56 Å². The van der Waals surface area contributed by atoms with Gasteiger partial charge in [0, 0.05) is 12.0 Å². The van der Waals surface area contributed by atoms with Crippen LogP contribution >= 0.6 is 0 Å². The minimum atomic E-state index is -0.369. The number of nitrogens with one attached hydrogen (secondary N) is 1. The lowest BCUT2D eigenvalue weighted by atomic mass is 9.83. The van der Waals surface area contributed by atoms with E-state index in [0.29, 0.717) is 5.92 Å². The molecule has 1 amide bonds. The lowest BCUT2D eigenvalue weighted by Crippen LogP contribution is -2.52. The maximum absolute atomic E-state index is 11.3. The van der Waals surface area contributed by atoms with Gasteiger partial charge in [-0.3, -0.25) is 4.79 Å². The second-order valence-corrected chi connectivity index (χ2v) is 4.16. The lowest BCUT2D eigenvalue weighted by Gasteiger charge is -2.33. The van der Waals surface area contributed by atoms with Crippen LogP contribution in [0.2, 0.25) is 0 Å². The van der Waals surface area contributed by atoms with Gasteiger partial charge in [0.2, 0.25) is 5.91 Å². The van der Waals surface area contributed by atoms with Gasteiger partial charge < -0.3 is 11.1 Å². The number of amides is 1. The van der Waals surface area contributed by atoms with Gasteiger partial charge in [-0.2, -0.15) is 0 Å². The molecule has 0 saturated carbocycles. The smallest absolute Gasteiger partial charge is 0.237 e. The fraction of sp³-hybridized carbons (Fsp3) is 0.417. The summed E-state index contributed by atoms with van der Waals surface area (Å²) >= 11 is 0. The number of hydrogen-bond donors (Lipinski definition) is 2. The normalized spacial score (nSPS) is 31.1. The largest absolute Gasteiger partial charge is 0.352 e. The molecule has 1 fully saturated rings. The number of hydrogen-bond acceptors (Lipinski definition) is 2. The lowest BCUT2D eigenvalue weighted by molar-refractivity contribution is -0.124. The molecule has 15 heavy (non-hydrogen) atoms. The first-order valence-corrected chi connectivity index (χ1v) is 5.29. The number of benzene rings is 1. The van der Waals surface area contributed by atoms with Crippen LogP contribution in [0.1, 0.15) is 24.8 Å². The Morgan fingerprint density at radius 1 is 1.33 bits per heavy atom. The van der Waals surface area contributed by atoms with E-state index < -0.39 is 0 Å². The van der Waals surface area contributed by atoms with E-state index in [-0.39, 0.29) is 18.0 Å². The van der Waals surface area contributed by atoms with Gasteiger partial charge in [-0.25, -0.2) is 0 Å². The van der Waals surface area contributed by atoms with Crippen LogP contribution in [0.25, 0.3) is 0 Å². The van der Waals surface area contributed by atoms with Crippen molar-refractivity contribution < 1.29 is 4.79 Å². The van der Waals surface area contributed by atoms with Crippen molar-refractivity contribution in [2.24, 2.45) is 5.73 Å². The molecule has 3 atom stereocenters. The summed E-state index contributed by atoms with van der Waals surface area (Å²) in [4.78, 5) is 11.3. The van der Waals surface area contributed by atoms with Gasteiger partial charge in [-0.05, 0) is 18.9 Å². The van der Waals surface area contributed by atoms with Gasteiger partial charge >= 0.3 is 0 Å². The SMILES string of the molecule is C[C@@H]1NC(=O)[C@H](N)CC1c1ccccc1. The molecule has 3 N–H and O–H groups in total. The van der Waals surface area contributed by atoms with E-state index in [9.17, 15) is 4.79 Å². The third-order valence-corrected chi connectivity index (χ3v) is 3.05. The Morgan fingerprint density at radius 2 is 2.00 bits per heavy atom. The Balaban J connectivity index is 2.20. The molecular weight excluding hydrogens is 188 g/mol. The summed E-state index contributed by atoms with van der Waals surface area (Å²) in [5.41, 5.74) is 7.01. The van der Waals surface area contributed by atoms with E-state index in [2.05, 4.69) is 17.4 Å². The molecule has 0 bridgehead atoms. The molecule has 0 aromatic heterocycles. The summed E-state index contributed by atoms with van der Waals surface area (Å²) in [7, 11) is 0. The maximum atomic E-state index is 11.3. The number of carbonyl (C=O) groups excluding carboxylic acids is 1. The van der Waals surface area contributed by atoms with Crippen molar-refractivity contribution in [1.82, 2.24) is 5.32 Å². The van der Waals surface area contributed by atoms with Crippen LogP contribution in [0.15, 0.2) is 30.3 Å². The molecule has 3 heteroatoms. The number of nitrogens with two attached hydrogens (primary N) is 1. The molecular formula is C12H16N2O. The molecule has 1 heterocycles. The van der Waals surface area contributed by atoms with Crippen molar-refractivity contribution >= 4 is 5.91 Å². The molecule has 1 aliphatic rings. The van der Waals surface area contributed by atoms with Crippen molar-refractivity contribution in [3.05, 3.63) is 35.9 Å². The molecule has 0 spiro atoms. The average molecular weight is 204 g/mol. The minimum Gasteiger partial charge on any atom is -0.352 e. The summed E-state index contributed by atoms with van der Waals surface area (Å²) in [6, 6.07) is 10.0. The molecule has 1 saturated heterocycles. The molecule has 0 radical (unpaired) electrons. The Labute approximate surface area is 89.7 Å². The number of rotatable bonds is 1. The first kappa shape index (κ1) is 10.2. The zero-order chi connectivity index (χ0) is 10.8. The molecule has 1 aromatic rings. The van der Waals surface area contributed by atoms with Crippen LogP contribution in [0.5, 0.6) is 0 Å². The van der Waals surface area contributed by atoms with Crippen molar-refractivity contribution in [3.8, 4) is 0 Å². The first-order chi connectivity index (χ1) is 7.18. The second-order valence-electron chi connectivity index (χ2n) is 4.16. The molecule has 1 unspecified atom stereocenters. The predicted octanol–water partition coefficient (Wildman–Crippen LogP) is 1.01. The summed E-state index contributed by atoms with van der Waals surface area (Å²) < 4.78 is 0. The van der Waals surface area contributed by atoms with Crippen molar-refractivity contribution in [2.45, 2.75) is 31.3 Å². The van der Waals surface area contributed by atoms with Crippen LogP contribution in [0, 0.1) is 0 Å². The fourth-order valence-corrected chi connectivity index (χ4v) is 2.14. The average Bonchev–Trinajstić information content (AvgIpc) is 2.25. The van der Waals surface area contributed by atoms with Gasteiger partial charge in [0.1, 0.15) is 0 Å². The van der Waals surface area contributed by atoms with Crippen molar-refractivity contribution in [3.63, 3.8) is 0 Å². The summed E-state index contributed by atoms with van der Waals surface area (Å²) in [5, 5.41) is 2.91. The van der Waals surface area contributed by atoms with E-state index in [1.807, 2.05) is 25.1 Å². The Bertz CT molecular complexity index is 350. The third-order valence-electron chi connectivity index (χ3n) is 3.05. The van der Waals surface area contributed by atoms with Crippen LogP contribution in [0.4, 0.5) is 0 Å². The maximum Gasteiger partial charge on any atom is 0.237 e. The topological polar surface area (TPSA) is 55.1 Å². The molecule has 80 valence electrons. The highest BCUT2D eigenvalue weighted by molar-refractivity contribution is 5.83. The van der Waals surface area contributed by atoms with Crippen molar-refractivity contribution in [1.29, 1.82) is 0 Å². The highest BCUT2D eigenvalue weighted by Crippen LogP contribution is 2.27. The van der Waals surface area contributed by atoms with Gasteiger partial charge in [0.05, 0.1) is 6.04 Å². The highest BCUT2D eigenvalue weighted by Gasteiger charge is 2.31. The highest BCUT2D eigenvalue weighted by atomic mass is 16.2. The zero-order valence-corrected chi connectivity index (χ0v) is 8.81. The molecule has 1 aliphatic heterocycles. The second kappa shape index (κ2) is 4.03. The third kappa shape index (κ3) is 2.02. The summed E-state index contributed by atoms with van der Waals surface area (Å²) in [5.74, 6) is 0.300. The van der Waals surface area contributed by atoms with E-state index in [4.69, 9.17) is 5.73 Å². The Hall–Kier alpha value is -1.35. The predicted molar refractivity (Wildman–Crippen MR) is 59.4 cm³/mol. The fourth-order valence-electron chi connectivity index (χ4n) is 2.14. The quantitative estimate of drug-likeness (QED) is 0.717. The molecule has 2 rings (SSSR count). The van der Waals surface area contributed by atoms with Crippen LogP contribution in [-0.4, -0.2) is 18.0 Å². The van der Waals surface area contributed by atoms with Gasteiger partial charge in [-0.1, -0.05) is 30.3 Å². The molecule has 1 aromatic carbocycles. The monoisotopic (exact) mass is 204 g/mol. The van der Waals surface area contributed by atoms with Gasteiger partial charge in [-0.15, -0.1) is 0 Å². The van der Waals surface area contributed by atoms with E-state index >= 15 is 0 Å². The zero-order valence-electron chi connectivity index (χ0n) is 8.81. The first-order valence-electron chi connectivity index (χ1n) is 5.29. The van der Waals surface area contributed by atoms with Gasteiger partial charge in [0.25, 0.3) is 0 Å². The van der Waals surface area contributed by atoms with Crippen LogP contribution < -0.4 is 11.1 Å². The van der Waals surface area contributed by atoms with Gasteiger partial charge in [0.15, 0.2) is 0 Å². The minimum absolute atomic E-state index is 0.0327. The molecule has 0 aliphatic carbocycles. The van der Waals surface area contributed by atoms with Crippen LogP contribution in [0.3, 0.4) is 0 Å². The Morgan fingerprint density at radius 3 is 2.67 bits per heavy atom. The van der Waals surface area contributed by atoms with E-state index in [1.54, 1.807) is 0 Å². The van der Waals surface area contributed by atoms with Crippen molar-refractivity contribution in [2.75, 3.05) is 0 Å².